The molecule has 1 unspecified atom stereocenters. The van der Waals surface area contributed by atoms with Gasteiger partial charge in [0, 0.05) is 10.9 Å². The summed E-state index contributed by atoms with van der Waals surface area (Å²) in [7, 11) is 1.68. The van der Waals surface area contributed by atoms with Gasteiger partial charge in [-0.05, 0) is 38.8 Å². The van der Waals surface area contributed by atoms with Crippen molar-refractivity contribution in [3.8, 4) is 0 Å². The molecule has 5 nitrogen and oxygen atoms in total. The number of aliphatic hydroxyl groups is 1. The molecule has 0 aliphatic heterocycles. The normalized spacial score (nSPS) is 12.7. The van der Waals surface area contributed by atoms with Crippen molar-refractivity contribution >= 4 is 27.5 Å². The van der Waals surface area contributed by atoms with Crippen LogP contribution in [0.4, 0.5) is 0 Å². The lowest BCUT2D eigenvalue weighted by molar-refractivity contribution is 0.175. The van der Waals surface area contributed by atoms with Gasteiger partial charge in [0.15, 0.2) is 5.82 Å². The van der Waals surface area contributed by atoms with Gasteiger partial charge in [-0.2, -0.15) is 4.80 Å². The molecule has 0 aliphatic rings. The van der Waals surface area contributed by atoms with Gasteiger partial charge >= 0.3 is 0 Å². The minimum Gasteiger partial charge on any atom is -0.388 e. The van der Waals surface area contributed by atoms with E-state index in [4.69, 9.17) is 11.6 Å². The fraction of sp³-hybridized carbons (Fsp3) is 0.300. The Morgan fingerprint density at radius 2 is 2.29 bits per heavy atom. The minimum absolute atomic E-state index is 0.311. The highest BCUT2D eigenvalue weighted by Crippen LogP contribution is 2.26. The summed E-state index contributed by atoms with van der Waals surface area (Å²) in [6.45, 7) is 0. The molecule has 0 fully saturated rings. The molecule has 0 amide bonds. The zero-order chi connectivity index (χ0) is 12.4. The highest BCUT2D eigenvalue weighted by Gasteiger charge is 2.13. The topological polar surface area (TPSA) is 63.8 Å². The number of aliphatic hydroxyl groups excluding tert-OH is 1. The second-order valence-electron chi connectivity index (χ2n) is 3.59. The van der Waals surface area contributed by atoms with Gasteiger partial charge in [-0.25, -0.2) is 0 Å². The summed E-state index contributed by atoms with van der Waals surface area (Å²) in [6, 6.07) is 5.31. The molecule has 0 saturated heterocycles. The zero-order valence-electron chi connectivity index (χ0n) is 9.01. The van der Waals surface area contributed by atoms with Crippen molar-refractivity contribution in [2.45, 2.75) is 12.5 Å². The first-order chi connectivity index (χ1) is 8.06. The number of aryl methyl sites for hydroxylation is 1. The van der Waals surface area contributed by atoms with Gasteiger partial charge in [0.2, 0.25) is 0 Å². The van der Waals surface area contributed by atoms with E-state index in [0.29, 0.717) is 17.3 Å². The quantitative estimate of drug-likeness (QED) is 0.939. The Kier molecular flexibility index (Phi) is 3.76. The van der Waals surface area contributed by atoms with Gasteiger partial charge in [-0.3, -0.25) is 0 Å². The largest absolute Gasteiger partial charge is 0.388 e. The van der Waals surface area contributed by atoms with Crippen molar-refractivity contribution < 1.29 is 5.11 Å². The third-order valence-electron chi connectivity index (χ3n) is 2.25. The first-order valence-corrected chi connectivity index (χ1v) is 6.09. The summed E-state index contributed by atoms with van der Waals surface area (Å²) < 4.78 is 0.799. The van der Waals surface area contributed by atoms with Crippen LogP contribution in [0.15, 0.2) is 22.7 Å². The molecule has 0 aliphatic carbocycles. The van der Waals surface area contributed by atoms with Crippen molar-refractivity contribution in [1.29, 1.82) is 0 Å². The summed E-state index contributed by atoms with van der Waals surface area (Å²) in [5.41, 5.74) is 0.727. The minimum atomic E-state index is -0.690. The Labute approximate surface area is 112 Å². The van der Waals surface area contributed by atoms with Gasteiger partial charge in [-0.1, -0.05) is 17.7 Å². The molecule has 2 rings (SSSR count). The smallest absolute Gasteiger partial charge is 0.177 e. The number of tetrazole rings is 1. The van der Waals surface area contributed by atoms with Crippen molar-refractivity contribution in [1.82, 2.24) is 20.2 Å². The molecule has 1 N–H and O–H groups in total. The van der Waals surface area contributed by atoms with Crippen molar-refractivity contribution in [2.24, 2.45) is 7.05 Å². The van der Waals surface area contributed by atoms with Gasteiger partial charge in [-0.15, -0.1) is 10.2 Å². The van der Waals surface area contributed by atoms with Crippen LogP contribution < -0.4 is 0 Å². The Balaban J connectivity index is 2.14. The third kappa shape index (κ3) is 3.02. The van der Waals surface area contributed by atoms with Crippen LogP contribution in [-0.2, 0) is 13.5 Å². The van der Waals surface area contributed by atoms with Crippen LogP contribution in [0.25, 0.3) is 0 Å². The Bertz CT molecular complexity index is 531. The summed E-state index contributed by atoms with van der Waals surface area (Å²) >= 11 is 9.26. The number of rotatable bonds is 3. The summed E-state index contributed by atoms with van der Waals surface area (Å²) in [5, 5.41) is 22.1. The molecule has 90 valence electrons. The van der Waals surface area contributed by atoms with Crippen molar-refractivity contribution in [3.05, 3.63) is 39.1 Å². The number of aromatic nitrogens is 4. The van der Waals surface area contributed by atoms with Crippen molar-refractivity contribution in [3.63, 3.8) is 0 Å². The number of hydrogen-bond donors (Lipinski definition) is 1. The molecule has 2 aromatic rings. The standard InChI is InChI=1S/C10H10BrClN4O/c1-16-14-10(13-15-16)5-9(17)6-2-3-7(11)8(12)4-6/h2-4,9,17H,5H2,1H3. The first-order valence-electron chi connectivity index (χ1n) is 4.92. The predicted molar refractivity (Wildman–Crippen MR) is 66.6 cm³/mol. The summed E-state index contributed by atoms with van der Waals surface area (Å²) in [4.78, 5) is 1.36. The second-order valence-corrected chi connectivity index (χ2v) is 4.85. The van der Waals surface area contributed by atoms with E-state index in [1.54, 1.807) is 25.2 Å². The van der Waals surface area contributed by atoms with Crippen LogP contribution in [0.5, 0.6) is 0 Å². The molecule has 1 aromatic heterocycles. The lowest BCUT2D eigenvalue weighted by Crippen LogP contribution is -2.04. The third-order valence-corrected chi connectivity index (χ3v) is 3.49. The van der Waals surface area contributed by atoms with E-state index < -0.39 is 6.10 Å². The monoisotopic (exact) mass is 316 g/mol. The molecule has 1 aromatic carbocycles. The van der Waals surface area contributed by atoms with Crippen LogP contribution in [0.1, 0.15) is 17.5 Å². The molecule has 0 spiro atoms. The lowest BCUT2D eigenvalue weighted by atomic mass is 10.1. The fourth-order valence-corrected chi connectivity index (χ4v) is 1.85. The average Bonchev–Trinajstić information content (AvgIpc) is 2.68. The Hall–Kier alpha value is -0.980. The zero-order valence-corrected chi connectivity index (χ0v) is 11.4. The van der Waals surface area contributed by atoms with E-state index >= 15 is 0 Å². The second kappa shape index (κ2) is 5.12. The van der Waals surface area contributed by atoms with E-state index in [0.717, 1.165) is 10.0 Å². The summed E-state index contributed by atoms with van der Waals surface area (Å²) in [6.07, 6.45) is -0.379. The SMILES string of the molecule is Cn1nnc(CC(O)c2ccc(Br)c(Cl)c2)n1. The number of hydrogen-bond acceptors (Lipinski definition) is 4. The van der Waals surface area contributed by atoms with Gasteiger partial charge < -0.3 is 5.11 Å². The molecular weight excluding hydrogens is 307 g/mol. The maximum absolute atomic E-state index is 10.0. The maximum Gasteiger partial charge on any atom is 0.177 e. The molecule has 7 heteroatoms. The molecular formula is C10H10BrClN4O. The number of benzene rings is 1. The number of nitrogens with zero attached hydrogens (tertiary/aromatic N) is 4. The molecule has 0 saturated carbocycles. The first kappa shape index (κ1) is 12.5. The van der Waals surface area contributed by atoms with Gasteiger partial charge in [0.25, 0.3) is 0 Å². The number of halogens is 2. The predicted octanol–water partition coefficient (Wildman–Crippen LogP) is 1.90. The van der Waals surface area contributed by atoms with Crippen LogP contribution in [0.3, 0.4) is 0 Å². The van der Waals surface area contributed by atoms with Crippen LogP contribution in [-0.4, -0.2) is 25.3 Å². The van der Waals surface area contributed by atoms with Crippen molar-refractivity contribution in [2.75, 3.05) is 0 Å². The van der Waals surface area contributed by atoms with E-state index in [-0.39, 0.29) is 0 Å². The fourth-order valence-electron chi connectivity index (χ4n) is 1.42. The Morgan fingerprint density at radius 1 is 1.53 bits per heavy atom. The van der Waals surface area contributed by atoms with Crippen LogP contribution in [0, 0.1) is 0 Å². The highest BCUT2D eigenvalue weighted by molar-refractivity contribution is 9.10. The average molecular weight is 318 g/mol. The Morgan fingerprint density at radius 3 is 2.88 bits per heavy atom. The lowest BCUT2D eigenvalue weighted by Gasteiger charge is -2.09. The molecule has 0 bridgehead atoms. The molecule has 1 atom stereocenters. The van der Waals surface area contributed by atoms with Gasteiger partial charge in [0.1, 0.15) is 0 Å². The molecule has 17 heavy (non-hydrogen) atoms. The molecule has 1 heterocycles. The highest BCUT2D eigenvalue weighted by atomic mass is 79.9. The van der Waals surface area contributed by atoms with E-state index in [2.05, 4.69) is 31.3 Å². The maximum atomic E-state index is 10.0. The van der Waals surface area contributed by atoms with Crippen LogP contribution in [0.2, 0.25) is 5.02 Å². The van der Waals surface area contributed by atoms with Crippen LogP contribution >= 0.6 is 27.5 Å². The van der Waals surface area contributed by atoms with E-state index in [1.807, 2.05) is 0 Å². The molecule has 0 radical (unpaired) electrons. The van der Waals surface area contributed by atoms with Gasteiger partial charge in [0.05, 0.1) is 18.2 Å². The summed E-state index contributed by atoms with van der Waals surface area (Å²) in [5.74, 6) is 0.499. The van der Waals surface area contributed by atoms with E-state index in [1.165, 1.54) is 4.80 Å². The van der Waals surface area contributed by atoms with E-state index in [9.17, 15) is 5.11 Å².